The van der Waals surface area contributed by atoms with Gasteiger partial charge >= 0.3 is 0 Å². The molecule has 1 aliphatic carbocycles. The molecule has 0 aliphatic heterocycles. The van der Waals surface area contributed by atoms with E-state index in [4.69, 9.17) is 11.6 Å². The number of rotatable bonds is 9. The number of nitrogens with one attached hydrogen (secondary N) is 1. The van der Waals surface area contributed by atoms with Crippen LogP contribution in [0.5, 0.6) is 0 Å². The van der Waals surface area contributed by atoms with E-state index >= 15 is 0 Å². The standard InChI is InChI=1S/C24H29ClFN3O4S/c1-17(24(31)27-21-7-3-4-8-21)28(15-18-10-12-19(25)13-11-18)23(30)16-29(34(2,32)33)22-9-5-6-20(26)14-22/h5-6,9-14,17,21H,3-4,7-8,15-16H2,1-2H3,(H,27,31). The first-order chi connectivity index (χ1) is 16.0. The van der Waals surface area contributed by atoms with Gasteiger partial charge in [-0.2, -0.15) is 0 Å². The zero-order valence-corrected chi connectivity index (χ0v) is 20.8. The van der Waals surface area contributed by atoms with Crippen molar-refractivity contribution in [1.29, 1.82) is 0 Å². The first-order valence-corrected chi connectivity index (χ1v) is 13.3. The van der Waals surface area contributed by atoms with Gasteiger partial charge in [-0.05, 0) is 55.7 Å². The lowest BCUT2D eigenvalue weighted by Crippen LogP contribution is -2.52. The van der Waals surface area contributed by atoms with E-state index in [1.54, 1.807) is 31.2 Å². The number of carbonyl (C=O) groups is 2. The number of carbonyl (C=O) groups excluding carboxylic acids is 2. The summed E-state index contributed by atoms with van der Waals surface area (Å²) in [6.45, 7) is 1.12. The third kappa shape index (κ3) is 6.93. The van der Waals surface area contributed by atoms with Crippen molar-refractivity contribution in [3.05, 3.63) is 64.9 Å². The summed E-state index contributed by atoms with van der Waals surface area (Å²) in [7, 11) is -3.91. The fourth-order valence-corrected chi connectivity index (χ4v) is 4.97. The second-order valence-electron chi connectivity index (χ2n) is 8.56. The second kappa shape index (κ2) is 11.2. The normalized spacial score (nSPS) is 15.1. The summed E-state index contributed by atoms with van der Waals surface area (Å²) in [5.74, 6) is -1.51. The Bertz CT molecular complexity index is 1120. The molecular formula is C24H29ClFN3O4S. The van der Waals surface area contributed by atoms with Gasteiger partial charge in [0.05, 0.1) is 11.9 Å². The molecule has 1 N–H and O–H groups in total. The van der Waals surface area contributed by atoms with Crippen molar-refractivity contribution in [1.82, 2.24) is 10.2 Å². The maximum atomic E-state index is 13.8. The predicted molar refractivity (Wildman–Crippen MR) is 130 cm³/mol. The van der Waals surface area contributed by atoms with E-state index in [1.807, 2.05) is 0 Å². The summed E-state index contributed by atoms with van der Waals surface area (Å²) in [5.41, 5.74) is 0.764. The van der Waals surface area contributed by atoms with E-state index in [0.717, 1.165) is 47.9 Å². The van der Waals surface area contributed by atoms with Crippen molar-refractivity contribution in [3.63, 3.8) is 0 Å². The molecule has 0 bridgehead atoms. The monoisotopic (exact) mass is 509 g/mol. The number of hydrogen-bond donors (Lipinski definition) is 1. The molecule has 2 amide bonds. The highest BCUT2D eigenvalue weighted by Crippen LogP contribution is 2.21. The van der Waals surface area contributed by atoms with Crippen LogP contribution in [0.3, 0.4) is 0 Å². The number of benzene rings is 2. The Morgan fingerprint density at radius 2 is 1.79 bits per heavy atom. The van der Waals surface area contributed by atoms with Crippen LogP contribution in [0.15, 0.2) is 48.5 Å². The molecule has 1 saturated carbocycles. The summed E-state index contributed by atoms with van der Waals surface area (Å²) in [4.78, 5) is 27.8. The highest BCUT2D eigenvalue weighted by atomic mass is 35.5. The molecule has 1 atom stereocenters. The summed E-state index contributed by atoms with van der Waals surface area (Å²) in [6, 6.07) is 11.1. The molecule has 2 aromatic rings. The van der Waals surface area contributed by atoms with Gasteiger partial charge in [0.15, 0.2) is 0 Å². The topological polar surface area (TPSA) is 86.8 Å². The lowest BCUT2D eigenvalue weighted by molar-refractivity contribution is -0.139. The number of halogens is 2. The Balaban J connectivity index is 1.87. The molecule has 0 heterocycles. The maximum absolute atomic E-state index is 13.8. The van der Waals surface area contributed by atoms with Crippen molar-refractivity contribution in [2.45, 2.75) is 51.2 Å². The maximum Gasteiger partial charge on any atom is 0.244 e. The van der Waals surface area contributed by atoms with E-state index in [1.165, 1.54) is 23.1 Å². The summed E-state index contributed by atoms with van der Waals surface area (Å²) < 4.78 is 39.6. The van der Waals surface area contributed by atoms with Gasteiger partial charge in [-0.1, -0.05) is 42.6 Å². The third-order valence-corrected chi connectivity index (χ3v) is 7.30. The van der Waals surface area contributed by atoms with Crippen molar-refractivity contribution in [3.8, 4) is 0 Å². The molecule has 2 aromatic carbocycles. The molecule has 1 fully saturated rings. The van der Waals surface area contributed by atoms with E-state index in [-0.39, 0.29) is 24.2 Å². The largest absolute Gasteiger partial charge is 0.352 e. The molecular weight excluding hydrogens is 481 g/mol. The molecule has 3 rings (SSSR count). The van der Waals surface area contributed by atoms with Crippen molar-refractivity contribution < 1.29 is 22.4 Å². The van der Waals surface area contributed by atoms with Crippen LogP contribution in [0.4, 0.5) is 10.1 Å². The van der Waals surface area contributed by atoms with Gasteiger partial charge in [-0.25, -0.2) is 12.8 Å². The molecule has 10 heteroatoms. The summed E-state index contributed by atoms with van der Waals surface area (Å²) in [5, 5.41) is 3.53. The molecule has 0 saturated heterocycles. The van der Waals surface area contributed by atoms with Crippen LogP contribution in [0, 0.1) is 5.82 Å². The number of nitrogens with zero attached hydrogens (tertiary/aromatic N) is 2. The second-order valence-corrected chi connectivity index (χ2v) is 10.9. The van der Waals surface area contributed by atoms with Crippen LogP contribution in [-0.2, 0) is 26.2 Å². The fraction of sp³-hybridized carbons (Fsp3) is 0.417. The molecule has 1 unspecified atom stereocenters. The van der Waals surface area contributed by atoms with Crippen LogP contribution in [0.2, 0.25) is 5.02 Å². The zero-order valence-electron chi connectivity index (χ0n) is 19.2. The van der Waals surface area contributed by atoms with Crippen LogP contribution < -0.4 is 9.62 Å². The van der Waals surface area contributed by atoms with E-state index in [0.29, 0.717) is 5.02 Å². The molecule has 34 heavy (non-hydrogen) atoms. The fourth-order valence-electron chi connectivity index (χ4n) is 4.01. The highest BCUT2D eigenvalue weighted by molar-refractivity contribution is 7.92. The van der Waals surface area contributed by atoms with Crippen LogP contribution >= 0.6 is 11.6 Å². The Hall–Kier alpha value is -2.65. The molecule has 0 radical (unpaired) electrons. The van der Waals surface area contributed by atoms with Crippen LogP contribution in [0.1, 0.15) is 38.2 Å². The average molecular weight is 510 g/mol. The van der Waals surface area contributed by atoms with Crippen molar-refractivity contribution in [2.75, 3.05) is 17.1 Å². The Morgan fingerprint density at radius 3 is 2.38 bits per heavy atom. The Labute approximate surface area is 204 Å². The lowest BCUT2D eigenvalue weighted by Gasteiger charge is -2.32. The first-order valence-electron chi connectivity index (χ1n) is 11.1. The van der Waals surface area contributed by atoms with Crippen LogP contribution in [0.25, 0.3) is 0 Å². The Morgan fingerprint density at radius 1 is 1.15 bits per heavy atom. The lowest BCUT2D eigenvalue weighted by atomic mass is 10.1. The molecule has 1 aliphatic rings. The number of hydrogen-bond acceptors (Lipinski definition) is 4. The predicted octanol–water partition coefficient (Wildman–Crippen LogP) is 3.72. The highest BCUT2D eigenvalue weighted by Gasteiger charge is 2.31. The summed E-state index contributed by atoms with van der Waals surface area (Å²) in [6.07, 6.45) is 4.83. The minimum absolute atomic E-state index is 0.0327. The smallest absolute Gasteiger partial charge is 0.244 e. The Kier molecular flexibility index (Phi) is 8.54. The molecule has 0 aromatic heterocycles. The average Bonchev–Trinajstić information content (AvgIpc) is 3.28. The third-order valence-electron chi connectivity index (χ3n) is 5.91. The van der Waals surface area contributed by atoms with Crippen LogP contribution in [-0.4, -0.2) is 50.0 Å². The minimum Gasteiger partial charge on any atom is -0.352 e. The first kappa shape index (κ1) is 26.0. The van der Waals surface area contributed by atoms with Crippen molar-refractivity contribution >= 4 is 39.1 Å². The minimum atomic E-state index is -3.91. The zero-order chi connectivity index (χ0) is 24.9. The van der Waals surface area contributed by atoms with E-state index in [9.17, 15) is 22.4 Å². The van der Waals surface area contributed by atoms with Gasteiger partial charge in [-0.3, -0.25) is 13.9 Å². The van der Waals surface area contributed by atoms with Crippen molar-refractivity contribution in [2.24, 2.45) is 0 Å². The summed E-state index contributed by atoms with van der Waals surface area (Å²) >= 11 is 5.97. The molecule has 0 spiro atoms. The number of sulfonamides is 1. The SMILES string of the molecule is CC(C(=O)NC1CCCC1)N(Cc1ccc(Cl)cc1)C(=O)CN(c1cccc(F)c1)S(C)(=O)=O. The quantitative estimate of drug-likeness (QED) is 0.558. The van der Waals surface area contributed by atoms with Gasteiger partial charge in [0.1, 0.15) is 18.4 Å². The van der Waals surface area contributed by atoms with Gasteiger partial charge in [-0.15, -0.1) is 0 Å². The van der Waals surface area contributed by atoms with Gasteiger partial charge in [0.25, 0.3) is 0 Å². The van der Waals surface area contributed by atoms with Gasteiger partial charge in [0, 0.05) is 17.6 Å². The van der Waals surface area contributed by atoms with E-state index < -0.39 is 34.3 Å². The molecule has 184 valence electrons. The van der Waals surface area contributed by atoms with Gasteiger partial charge < -0.3 is 10.2 Å². The number of anilines is 1. The van der Waals surface area contributed by atoms with E-state index in [2.05, 4.69) is 5.32 Å². The molecule has 7 nitrogen and oxygen atoms in total. The van der Waals surface area contributed by atoms with Gasteiger partial charge in [0.2, 0.25) is 21.8 Å². The number of amides is 2.